The van der Waals surface area contributed by atoms with Crippen LogP contribution in [0.4, 0.5) is 14.5 Å². The van der Waals surface area contributed by atoms with Crippen molar-refractivity contribution in [3.63, 3.8) is 0 Å². The Hall–Kier alpha value is -3.22. The van der Waals surface area contributed by atoms with Crippen LogP contribution < -0.4 is 10.6 Å². The fourth-order valence-corrected chi connectivity index (χ4v) is 6.07. The summed E-state index contributed by atoms with van der Waals surface area (Å²) in [6, 6.07) is 15.4. The molecule has 0 spiro atoms. The number of hydrogen-bond donors (Lipinski definition) is 3. The number of halogens is 4. The lowest BCUT2D eigenvalue weighted by Crippen LogP contribution is -2.45. The average molecular weight is 603 g/mol. The lowest BCUT2D eigenvalue weighted by Gasteiger charge is -2.38. The number of esters is 1. The minimum Gasteiger partial charge on any atom is -0.465 e. The van der Waals surface area contributed by atoms with Gasteiger partial charge >= 0.3 is 5.97 Å². The van der Waals surface area contributed by atoms with Crippen molar-refractivity contribution >= 4 is 34.9 Å². The van der Waals surface area contributed by atoms with E-state index >= 15 is 8.78 Å². The van der Waals surface area contributed by atoms with Gasteiger partial charge in [-0.1, -0.05) is 62.2 Å². The Labute approximate surface area is 248 Å². The van der Waals surface area contributed by atoms with Crippen LogP contribution >= 0.6 is 23.2 Å². The summed E-state index contributed by atoms with van der Waals surface area (Å²) in [7, 11) is 1.28. The number of carbonyl (C=O) groups is 1. The van der Waals surface area contributed by atoms with Gasteiger partial charge in [0.1, 0.15) is 23.3 Å². The Kier molecular flexibility index (Phi) is 8.95. The number of aliphatic hydroxyl groups is 1. The first kappa shape index (κ1) is 30.7. The molecule has 3 aromatic rings. The summed E-state index contributed by atoms with van der Waals surface area (Å²) < 4.78 is 36.2. The third-order valence-corrected chi connectivity index (χ3v) is 7.98. The molecule has 216 valence electrons. The third kappa shape index (κ3) is 6.05. The molecule has 0 radical (unpaired) electrons. The van der Waals surface area contributed by atoms with Crippen molar-refractivity contribution in [1.82, 2.24) is 5.32 Å². The second-order valence-corrected chi connectivity index (χ2v) is 12.2. The quantitative estimate of drug-likeness (QED) is 0.203. The zero-order valence-corrected chi connectivity index (χ0v) is 24.5. The number of nitrogens with one attached hydrogen (secondary N) is 2. The van der Waals surface area contributed by atoms with Crippen LogP contribution in [0.5, 0.6) is 0 Å². The van der Waals surface area contributed by atoms with Crippen molar-refractivity contribution in [2.75, 3.05) is 12.4 Å². The predicted molar refractivity (Wildman–Crippen MR) is 155 cm³/mol. The molecule has 1 aliphatic heterocycles. The number of carbonyl (C=O) groups excluding carboxylic acids is 1. The van der Waals surface area contributed by atoms with E-state index in [1.54, 1.807) is 18.2 Å². The first-order chi connectivity index (χ1) is 19.3. The molecule has 0 aliphatic carbocycles. The number of rotatable bonds is 7. The average Bonchev–Trinajstić information content (AvgIpc) is 3.23. The van der Waals surface area contributed by atoms with E-state index < -0.39 is 47.2 Å². The Morgan fingerprint density at radius 1 is 1.17 bits per heavy atom. The molecule has 10 heteroatoms. The molecule has 1 aliphatic rings. The summed E-state index contributed by atoms with van der Waals surface area (Å²) in [5.74, 6) is -3.08. The van der Waals surface area contributed by atoms with Gasteiger partial charge in [-0.25, -0.2) is 13.6 Å². The number of ether oxygens (including phenoxy) is 1. The SMILES string of the molecule is COC(=O)c1ccc(NC(O)C2NC(CC(C)(C)C)C(C#N)(c3ccc(Cl)cc3F)C2c2cccc(Cl)c2F)cc1. The summed E-state index contributed by atoms with van der Waals surface area (Å²) in [5, 5.41) is 28.8. The van der Waals surface area contributed by atoms with Crippen molar-refractivity contribution in [2.24, 2.45) is 5.41 Å². The molecule has 1 heterocycles. The van der Waals surface area contributed by atoms with Crippen LogP contribution in [0, 0.1) is 28.4 Å². The summed E-state index contributed by atoms with van der Waals surface area (Å²) in [6.45, 7) is 5.94. The molecule has 3 aromatic carbocycles. The number of methoxy groups -OCH3 is 1. The number of hydrogen-bond acceptors (Lipinski definition) is 6. The van der Waals surface area contributed by atoms with Gasteiger partial charge in [-0.05, 0) is 59.9 Å². The lowest BCUT2D eigenvalue weighted by molar-refractivity contribution is 0.0600. The fourth-order valence-electron chi connectivity index (χ4n) is 5.73. The normalized spacial score (nSPS) is 23.1. The smallest absolute Gasteiger partial charge is 0.337 e. The second kappa shape index (κ2) is 11.9. The zero-order chi connectivity index (χ0) is 30.1. The van der Waals surface area contributed by atoms with Crippen LogP contribution in [0.1, 0.15) is 54.6 Å². The highest BCUT2D eigenvalue weighted by Crippen LogP contribution is 2.53. The van der Waals surface area contributed by atoms with Crippen LogP contribution in [-0.2, 0) is 10.2 Å². The largest absolute Gasteiger partial charge is 0.465 e. The number of nitrogens with zero attached hydrogens (tertiary/aromatic N) is 1. The topological polar surface area (TPSA) is 94.4 Å². The van der Waals surface area contributed by atoms with Crippen molar-refractivity contribution in [3.05, 3.63) is 99.0 Å². The van der Waals surface area contributed by atoms with Gasteiger partial charge in [-0.3, -0.25) is 0 Å². The molecule has 0 amide bonds. The highest BCUT2D eigenvalue weighted by molar-refractivity contribution is 6.31. The van der Waals surface area contributed by atoms with E-state index in [4.69, 9.17) is 27.9 Å². The van der Waals surface area contributed by atoms with Gasteiger partial charge in [-0.2, -0.15) is 5.26 Å². The minimum absolute atomic E-state index is 0.0349. The van der Waals surface area contributed by atoms with E-state index in [0.29, 0.717) is 17.7 Å². The molecule has 5 atom stereocenters. The van der Waals surface area contributed by atoms with E-state index in [-0.39, 0.29) is 26.6 Å². The van der Waals surface area contributed by atoms with Gasteiger partial charge in [-0.15, -0.1) is 0 Å². The summed E-state index contributed by atoms with van der Waals surface area (Å²) in [5.41, 5.74) is -1.14. The van der Waals surface area contributed by atoms with Gasteiger partial charge in [0.2, 0.25) is 0 Å². The van der Waals surface area contributed by atoms with Gasteiger partial charge in [0.25, 0.3) is 0 Å². The predicted octanol–water partition coefficient (Wildman–Crippen LogP) is 6.81. The first-order valence-electron chi connectivity index (χ1n) is 13.0. The molecular weight excluding hydrogens is 571 g/mol. The zero-order valence-electron chi connectivity index (χ0n) is 23.0. The molecule has 41 heavy (non-hydrogen) atoms. The van der Waals surface area contributed by atoms with E-state index in [9.17, 15) is 15.2 Å². The van der Waals surface area contributed by atoms with Crippen LogP contribution in [0.25, 0.3) is 0 Å². The summed E-state index contributed by atoms with van der Waals surface area (Å²) >= 11 is 12.3. The van der Waals surface area contributed by atoms with Crippen LogP contribution in [-0.4, -0.2) is 36.5 Å². The van der Waals surface area contributed by atoms with Crippen molar-refractivity contribution in [3.8, 4) is 6.07 Å². The maximum absolute atomic E-state index is 15.8. The molecule has 0 aromatic heterocycles. The monoisotopic (exact) mass is 601 g/mol. The Bertz CT molecular complexity index is 1470. The maximum Gasteiger partial charge on any atom is 0.337 e. The third-order valence-electron chi connectivity index (χ3n) is 7.45. The first-order valence-corrected chi connectivity index (χ1v) is 13.8. The van der Waals surface area contributed by atoms with Gasteiger partial charge in [0.15, 0.2) is 0 Å². The molecule has 1 saturated heterocycles. The molecule has 6 nitrogen and oxygen atoms in total. The Balaban J connectivity index is 1.89. The highest BCUT2D eigenvalue weighted by Gasteiger charge is 2.60. The number of benzene rings is 3. The van der Waals surface area contributed by atoms with Gasteiger partial charge in [0.05, 0.1) is 29.8 Å². The van der Waals surface area contributed by atoms with Gasteiger partial charge < -0.3 is 20.5 Å². The van der Waals surface area contributed by atoms with Gasteiger partial charge in [0, 0.05) is 28.2 Å². The standard InChI is InChI=1S/C31H31Cl2F2N3O3/c1-30(2,3)15-24-31(16-36,21-13-10-18(32)14-23(21)34)25(20-6-5-7-22(33)26(20)35)27(38-24)28(39)37-19-11-8-17(9-12-19)29(40)41-4/h5-14,24-25,27-28,37-39H,15H2,1-4H3. The van der Waals surface area contributed by atoms with Crippen LogP contribution in [0.2, 0.25) is 10.0 Å². The lowest BCUT2D eigenvalue weighted by atomic mass is 9.62. The fraction of sp³-hybridized carbons (Fsp3) is 0.355. The van der Waals surface area contributed by atoms with E-state index in [2.05, 4.69) is 16.7 Å². The number of aliphatic hydroxyl groups excluding tert-OH is 1. The molecule has 5 unspecified atom stereocenters. The molecular formula is C31H31Cl2F2N3O3. The summed E-state index contributed by atoms with van der Waals surface area (Å²) in [4.78, 5) is 11.8. The second-order valence-electron chi connectivity index (χ2n) is 11.4. The Morgan fingerprint density at radius 2 is 1.85 bits per heavy atom. The molecule has 0 saturated carbocycles. The van der Waals surface area contributed by atoms with Crippen molar-refractivity contribution in [2.45, 2.75) is 56.8 Å². The number of nitriles is 1. The van der Waals surface area contributed by atoms with Crippen molar-refractivity contribution < 1.29 is 23.4 Å². The van der Waals surface area contributed by atoms with Crippen LogP contribution in [0.15, 0.2) is 60.7 Å². The number of anilines is 1. The molecule has 4 rings (SSSR count). The highest BCUT2D eigenvalue weighted by atomic mass is 35.5. The van der Waals surface area contributed by atoms with Crippen LogP contribution in [0.3, 0.4) is 0 Å². The molecule has 1 fully saturated rings. The Morgan fingerprint density at radius 3 is 2.44 bits per heavy atom. The summed E-state index contributed by atoms with van der Waals surface area (Å²) in [6.07, 6.45) is -0.992. The van der Waals surface area contributed by atoms with Crippen molar-refractivity contribution in [1.29, 1.82) is 5.26 Å². The van der Waals surface area contributed by atoms with E-state index in [1.807, 2.05) is 20.8 Å². The molecule has 0 bridgehead atoms. The molecule has 3 N–H and O–H groups in total. The van der Waals surface area contributed by atoms with E-state index in [0.717, 1.165) is 6.07 Å². The minimum atomic E-state index is -1.67. The van der Waals surface area contributed by atoms with E-state index in [1.165, 1.54) is 43.5 Å². The maximum atomic E-state index is 15.8.